The maximum Gasteiger partial charge on any atom is 0.224 e. The Morgan fingerprint density at radius 2 is 1.75 bits per heavy atom. The molecule has 1 amide bonds. The van der Waals surface area contributed by atoms with Crippen molar-refractivity contribution in [3.63, 3.8) is 0 Å². The highest BCUT2D eigenvalue weighted by molar-refractivity contribution is 5.79. The van der Waals surface area contributed by atoms with Crippen molar-refractivity contribution in [3.8, 4) is 0 Å². The fourth-order valence-electron chi connectivity index (χ4n) is 1.41. The zero-order valence-corrected chi connectivity index (χ0v) is 10.1. The topological polar surface area (TPSA) is 55.1 Å². The summed E-state index contributed by atoms with van der Waals surface area (Å²) in [6.45, 7) is 5.66. The highest BCUT2D eigenvalue weighted by atomic mass is 16.1. The Balaban J connectivity index is 2.58. The number of hydrogen-bond acceptors (Lipinski definition) is 2. The first-order chi connectivity index (χ1) is 7.52. The van der Waals surface area contributed by atoms with Crippen LogP contribution in [0.5, 0.6) is 0 Å². The summed E-state index contributed by atoms with van der Waals surface area (Å²) in [7, 11) is 0. The lowest BCUT2D eigenvalue weighted by Gasteiger charge is -2.19. The minimum atomic E-state index is -0.161. The summed E-state index contributed by atoms with van der Waals surface area (Å²) >= 11 is 0. The molecule has 2 unspecified atom stereocenters. The molecule has 0 heterocycles. The van der Waals surface area contributed by atoms with Gasteiger partial charge in [-0.2, -0.15) is 0 Å². The molecule has 0 saturated heterocycles. The summed E-state index contributed by atoms with van der Waals surface area (Å²) in [4.78, 5) is 11.8. The normalized spacial score (nSPS) is 16.2. The van der Waals surface area contributed by atoms with Crippen LogP contribution in [0.25, 0.3) is 0 Å². The van der Waals surface area contributed by atoms with Crippen molar-refractivity contribution in [1.82, 2.24) is 5.32 Å². The van der Waals surface area contributed by atoms with E-state index in [1.54, 1.807) is 0 Å². The molecule has 0 saturated carbocycles. The molecule has 1 aromatic rings. The fourth-order valence-corrected chi connectivity index (χ4v) is 1.41. The predicted molar refractivity (Wildman–Crippen MR) is 65.8 cm³/mol. The Morgan fingerprint density at radius 3 is 2.25 bits per heavy atom. The molecule has 0 aliphatic heterocycles. The first kappa shape index (κ1) is 12.7. The zero-order valence-electron chi connectivity index (χ0n) is 10.1. The minimum Gasteiger partial charge on any atom is -0.349 e. The zero-order chi connectivity index (χ0) is 12.1. The number of hydrogen-bond donors (Lipinski definition) is 2. The number of carbonyl (C=O) groups is 1. The monoisotopic (exact) mass is 220 g/mol. The summed E-state index contributed by atoms with van der Waals surface area (Å²) in [5.41, 5.74) is 6.79. The van der Waals surface area contributed by atoms with Gasteiger partial charge in [0.2, 0.25) is 5.91 Å². The molecule has 0 aliphatic carbocycles. The lowest BCUT2D eigenvalue weighted by atomic mass is 10.0. The highest BCUT2D eigenvalue weighted by Crippen LogP contribution is 2.12. The van der Waals surface area contributed by atoms with E-state index in [9.17, 15) is 4.79 Å². The fraction of sp³-hybridized carbons (Fsp3) is 0.462. The molecular weight excluding hydrogens is 200 g/mol. The number of carbonyl (C=O) groups excluding carboxylic acids is 1. The van der Waals surface area contributed by atoms with E-state index < -0.39 is 0 Å². The van der Waals surface area contributed by atoms with E-state index >= 15 is 0 Å². The number of benzene rings is 1. The van der Waals surface area contributed by atoms with Crippen molar-refractivity contribution in [3.05, 3.63) is 35.9 Å². The summed E-state index contributed by atoms with van der Waals surface area (Å²) in [6.07, 6.45) is 0. The third-order valence-corrected chi connectivity index (χ3v) is 2.86. The second kappa shape index (κ2) is 5.66. The standard InChI is InChI=1S/C13H20N2O/c1-9(10(2)14)13(16)15-11(3)12-7-5-4-6-8-12/h4-11H,14H2,1-3H3,(H,15,16)/t9?,10?,11-/m0/s1. The Kier molecular flexibility index (Phi) is 4.50. The van der Waals surface area contributed by atoms with E-state index in [2.05, 4.69) is 5.32 Å². The molecule has 16 heavy (non-hydrogen) atoms. The van der Waals surface area contributed by atoms with Crippen LogP contribution in [0.1, 0.15) is 32.4 Å². The van der Waals surface area contributed by atoms with Gasteiger partial charge in [0.25, 0.3) is 0 Å². The first-order valence-electron chi connectivity index (χ1n) is 5.63. The molecule has 0 bridgehead atoms. The third kappa shape index (κ3) is 3.35. The van der Waals surface area contributed by atoms with Gasteiger partial charge in [0.1, 0.15) is 0 Å². The average Bonchev–Trinajstić information content (AvgIpc) is 2.28. The highest BCUT2D eigenvalue weighted by Gasteiger charge is 2.18. The second-order valence-corrected chi connectivity index (χ2v) is 4.29. The van der Waals surface area contributed by atoms with Crippen molar-refractivity contribution in [2.45, 2.75) is 32.9 Å². The largest absolute Gasteiger partial charge is 0.349 e. The molecule has 0 radical (unpaired) electrons. The Morgan fingerprint density at radius 1 is 1.19 bits per heavy atom. The number of nitrogens with one attached hydrogen (secondary N) is 1. The van der Waals surface area contributed by atoms with Crippen molar-refractivity contribution in [2.24, 2.45) is 11.7 Å². The molecule has 88 valence electrons. The van der Waals surface area contributed by atoms with E-state index in [0.29, 0.717) is 0 Å². The van der Waals surface area contributed by atoms with E-state index in [4.69, 9.17) is 5.73 Å². The van der Waals surface area contributed by atoms with Crippen LogP contribution in [0, 0.1) is 5.92 Å². The molecule has 3 N–H and O–H groups in total. The van der Waals surface area contributed by atoms with Gasteiger partial charge in [0.05, 0.1) is 6.04 Å². The van der Waals surface area contributed by atoms with Crippen molar-refractivity contribution < 1.29 is 4.79 Å². The van der Waals surface area contributed by atoms with Gasteiger partial charge in [-0.05, 0) is 19.4 Å². The van der Waals surface area contributed by atoms with Crippen LogP contribution < -0.4 is 11.1 Å². The summed E-state index contributed by atoms with van der Waals surface area (Å²) in [5.74, 6) is -0.155. The van der Waals surface area contributed by atoms with Crippen molar-refractivity contribution in [2.75, 3.05) is 0 Å². The van der Waals surface area contributed by atoms with Crippen LogP contribution in [0.2, 0.25) is 0 Å². The number of rotatable bonds is 4. The first-order valence-corrected chi connectivity index (χ1v) is 5.63. The smallest absolute Gasteiger partial charge is 0.224 e. The summed E-state index contributed by atoms with van der Waals surface area (Å²) in [5, 5.41) is 2.96. The maximum atomic E-state index is 11.8. The summed E-state index contributed by atoms with van der Waals surface area (Å²) < 4.78 is 0. The Labute approximate surface area is 97.0 Å². The molecule has 3 atom stereocenters. The van der Waals surface area contributed by atoms with Gasteiger partial charge >= 0.3 is 0 Å². The van der Waals surface area contributed by atoms with Gasteiger partial charge in [-0.3, -0.25) is 4.79 Å². The SMILES string of the molecule is CC(N)C(C)C(=O)N[C@@H](C)c1ccccc1. The number of amides is 1. The van der Waals surface area contributed by atoms with E-state index in [1.807, 2.05) is 51.1 Å². The molecule has 1 rings (SSSR count). The van der Waals surface area contributed by atoms with E-state index in [-0.39, 0.29) is 23.9 Å². The van der Waals surface area contributed by atoms with Crippen LogP contribution in [-0.4, -0.2) is 11.9 Å². The van der Waals surface area contributed by atoms with Crippen LogP contribution in [0.15, 0.2) is 30.3 Å². The third-order valence-electron chi connectivity index (χ3n) is 2.86. The van der Waals surface area contributed by atoms with Gasteiger partial charge in [0.15, 0.2) is 0 Å². The quantitative estimate of drug-likeness (QED) is 0.813. The van der Waals surface area contributed by atoms with Crippen molar-refractivity contribution in [1.29, 1.82) is 0 Å². The summed E-state index contributed by atoms with van der Waals surface area (Å²) in [6, 6.07) is 9.80. The molecule has 3 heteroatoms. The van der Waals surface area contributed by atoms with Gasteiger partial charge in [0, 0.05) is 12.0 Å². The van der Waals surface area contributed by atoms with E-state index in [0.717, 1.165) is 5.56 Å². The Bertz CT molecular complexity index is 335. The van der Waals surface area contributed by atoms with Crippen LogP contribution in [0.4, 0.5) is 0 Å². The molecule has 0 fully saturated rings. The van der Waals surface area contributed by atoms with Crippen LogP contribution in [0.3, 0.4) is 0 Å². The molecule has 0 spiro atoms. The second-order valence-electron chi connectivity index (χ2n) is 4.29. The predicted octanol–water partition coefficient (Wildman–Crippen LogP) is 1.85. The van der Waals surface area contributed by atoms with Crippen LogP contribution in [-0.2, 0) is 4.79 Å². The minimum absolute atomic E-state index is 0.00588. The van der Waals surface area contributed by atoms with Gasteiger partial charge in [-0.1, -0.05) is 37.3 Å². The van der Waals surface area contributed by atoms with Gasteiger partial charge in [-0.25, -0.2) is 0 Å². The van der Waals surface area contributed by atoms with Crippen molar-refractivity contribution >= 4 is 5.91 Å². The molecular formula is C13H20N2O. The van der Waals surface area contributed by atoms with Crippen LogP contribution >= 0.6 is 0 Å². The molecule has 3 nitrogen and oxygen atoms in total. The average molecular weight is 220 g/mol. The Hall–Kier alpha value is -1.35. The molecule has 1 aromatic carbocycles. The lowest BCUT2D eigenvalue weighted by Crippen LogP contribution is -2.39. The van der Waals surface area contributed by atoms with Gasteiger partial charge in [-0.15, -0.1) is 0 Å². The number of nitrogens with two attached hydrogens (primary N) is 1. The van der Waals surface area contributed by atoms with E-state index in [1.165, 1.54) is 0 Å². The lowest BCUT2D eigenvalue weighted by molar-refractivity contribution is -0.125. The molecule has 0 aromatic heterocycles. The van der Waals surface area contributed by atoms with Gasteiger partial charge < -0.3 is 11.1 Å². The maximum absolute atomic E-state index is 11.8. The molecule has 0 aliphatic rings.